The normalized spacial score (nSPS) is 14.2. The smallest absolute Gasteiger partial charge is 0.406 e. The lowest BCUT2D eigenvalue weighted by Crippen LogP contribution is -2.33. The second-order valence-electron chi connectivity index (χ2n) is 5.17. The molecule has 1 heterocycles. The predicted octanol–water partition coefficient (Wildman–Crippen LogP) is 2.89. The zero-order chi connectivity index (χ0) is 18.1. The van der Waals surface area contributed by atoms with E-state index in [0.717, 1.165) is 17.4 Å². The molecule has 6 nitrogen and oxygen atoms in total. The number of rotatable bonds is 5. The summed E-state index contributed by atoms with van der Waals surface area (Å²) in [5, 5.41) is 2.74. The summed E-state index contributed by atoms with van der Waals surface area (Å²) in [5.41, 5.74) is 5.58. The molecule has 1 unspecified atom stereocenters. The van der Waals surface area contributed by atoms with Crippen molar-refractivity contribution in [3.8, 4) is 5.75 Å². The number of carbonyl (C=O) groups is 2. The van der Waals surface area contributed by atoms with E-state index in [1.54, 1.807) is 6.92 Å². The number of carbonyl (C=O) groups excluding carboxylic acids is 2. The molecule has 0 aliphatic carbocycles. The number of thiazole rings is 1. The first-order valence-corrected chi connectivity index (χ1v) is 7.65. The van der Waals surface area contributed by atoms with Crippen LogP contribution in [0.15, 0.2) is 18.2 Å². The zero-order valence-corrected chi connectivity index (χ0v) is 13.5. The molecule has 0 aliphatic rings. The van der Waals surface area contributed by atoms with Crippen LogP contribution in [0, 0.1) is 11.8 Å². The van der Waals surface area contributed by atoms with Gasteiger partial charge < -0.3 is 15.8 Å². The molecule has 0 bridgehead atoms. The maximum absolute atomic E-state index is 12.2. The average Bonchev–Trinajstić information content (AvgIpc) is 2.85. The lowest BCUT2D eigenvalue weighted by Gasteiger charge is -2.15. The predicted molar refractivity (Wildman–Crippen MR) is 82.5 cm³/mol. The molecule has 0 aliphatic heterocycles. The number of nitrogens with zero attached hydrogens (tertiary/aromatic N) is 1. The molecule has 24 heavy (non-hydrogen) atoms. The van der Waals surface area contributed by atoms with Gasteiger partial charge in [0.05, 0.1) is 10.2 Å². The van der Waals surface area contributed by atoms with Crippen molar-refractivity contribution in [3.05, 3.63) is 18.2 Å². The lowest BCUT2D eigenvalue weighted by molar-refractivity contribution is -0.274. The summed E-state index contributed by atoms with van der Waals surface area (Å²) in [4.78, 5) is 27.3. The van der Waals surface area contributed by atoms with Gasteiger partial charge in [0.25, 0.3) is 0 Å². The molecule has 0 fully saturated rings. The fraction of sp³-hybridized carbons (Fsp3) is 0.357. The van der Waals surface area contributed by atoms with E-state index in [2.05, 4.69) is 15.0 Å². The topological polar surface area (TPSA) is 94.3 Å². The fourth-order valence-corrected chi connectivity index (χ4v) is 2.75. The third-order valence-corrected chi connectivity index (χ3v) is 4.37. The van der Waals surface area contributed by atoms with Gasteiger partial charge in [-0.1, -0.05) is 25.2 Å². The highest BCUT2D eigenvalue weighted by Crippen LogP contribution is 2.32. The number of halogens is 3. The second kappa shape index (κ2) is 6.63. The number of hydrogen-bond donors (Lipinski definition) is 2. The van der Waals surface area contributed by atoms with Crippen molar-refractivity contribution in [2.24, 2.45) is 17.6 Å². The van der Waals surface area contributed by atoms with E-state index < -0.39 is 30.0 Å². The Balaban J connectivity index is 2.16. The molecule has 2 rings (SSSR count). The van der Waals surface area contributed by atoms with E-state index in [1.165, 1.54) is 19.1 Å². The largest absolute Gasteiger partial charge is 0.573 e. The highest BCUT2D eigenvalue weighted by Gasteiger charge is 2.31. The number of fused-ring (bicyclic) bond motifs is 1. The first-order chi connectivity index (χ1) is 11.1. The molecule has 3 N–H and O–H groups in total. The highest BCUT2D eigenvalue weighted by atomic mass is 32.1. The number of benzene rings is 1. The van der Waals surface area contributed by atoms with Crippen molar-refractivity contribution in [2.45, 2.75) is 20.2 Å². The number of hydrogen-bond acceptors (Lipinski definition) is 5. The molecule has 0 saturated heterocycles. The Bertz CT molecular complexity index is 775. The average molecular weight is 361 g/mol. The van der Waals surface area contributed by atoms with Crippen molar-refractivity contribution >= 4 is 38.5 Å². The first kappa shape index (κ1) is 18.0. The molecule has 0 saturated carbocycles. The summed E-state index contributed by atoms with van der Waals surface area (Å²) in [6.07, 6.45) is -4.78. The van der Waals surface area contributed by atoms with Crippen molar-refractivity contribution in [3.63, 3.8) is 0 Å². The quantitative estimate of drug-likeness (QED) is 0.856. The molecule has 2 atom stereocenters. The Morgan fingerprint density at radius 2 is 1.96 bits per heavy atom. The molecule has 0 spiro atoms. The Morgan fingerprint density at radius 1 is 1.29 bits per heavy atom. The first-order valence-electron chi connectivity index (χ1n) is 6.83. The summed E-state index contributed by atoms with van der Waals surface area (Å²) in [5.74, 6) is -2.75. The number of alkyl halides is 3. The number of amides is 2. The fourth-order valence-electron chi connectivity index (χ4n) is 1.85. The Labute approximate surface area is 138 Å². The minimum absolute atomic E-state index is 0.211. The molecular formula is C14H14F3N3O3S. The van der Waals surface area contributed by atoms with Crippen molar-refractivity contribution in [1.29, 1.82) is 0 Å². The van der Waals surface area contributed by atoms with Crippen LogP contribution in [-0.4, -0.2) is 23.2 Å². The third kappa shape index (κ3) is 4.34. The maximum Gasteiger partial charge on any atom is 0.573 e. The van der Waals surface area contributed by atoms with Crippen LogP contribution in [0.5, 0.6) is 5.75 Å². The zero-order valence-electron chi connectivity index (χ0n) is 12.7. The van der Waals surface area contributed by atoms with Crippen LogP contribution >= 0.6 is 11.3 Å². The minimum atomic E-state index is -4.78. The van der Waals surface area contributed by atoms with Gasteiger partial charge in [-0.15, -0.1) is 13.2 Å². The van der Waals surface area contributed by atoms with Crippen LogP contribution in [0.4, 0.5) is 18.3 Å². The van der Waals surface area contributed by atoms with Gasteiger partial charge in [0.1, 0.15) is 5.75 Å². The number of nitrogens with two attached hydrogens (primary N) is 1. The van der Waals surface area contributed by atoms with Gasteiger partial charge in [0.15, 0.2) is 5.13 Å². The number of aromatic nitrogens is 1. The maximum atomic E-state index is 12.2. The minimum Gasteiger partial charge on any atom is -0.406 e. The van der Waals surface area contributed by atoms with Crippen LogP contribution in [0.2, 0.25) is 0 Å². The Kier molecular flexibility index (Phi) is 4.97. The number of ether oxygens (including phenoxy) is 1. The monoisotopic (exact) mass is 361 g/mol. The van der Waals surface area contributed by atoms with Gasteiger partial charge in [0, 0.05) is 17.9 Å². The van der Waals surface area contributed by atoms with E-state index in [-0.39, 0.29) is 10.9 Å². The highest BCUT2D eigenvalue weighted by molar-refractivity contribution is 7.22. The van der Waals surface area contributed by atoms with Gasteiger partial charge in [-0.25, -0.2) is 4.98 Å². The molecular weight excluding hydrogens is 347 g/mol. The van der Waals surface area contributed by atoms with Crippen LogP contribution in [-0.2, 0) is 9.59 Å². The Hall–Kier alpha value is -2.36. The lowest BCUT2D eigenvalue weighted by atomic mass is 9.95. The SMILES string of the molecule is CC(C(N)=O)[C@H](C)C(=O)Nc1nc2ccc(OC(F)(F)F)cc2s1. The van der Waals surface area contributed by atoms with Crippen molar-refractivity contribution in [1.82, 2.24) is 4.98 Å². The molecule has 1 aromatic heterocycles. The second-order valence-corrected chi connectivity index (χ2v) is 6.20. The van der Waals surface area contributed by atoms with Crippen LogP contribution in [0.25, 0.3) is 10.2 Å². The molecule has 2 aromatic rings. The van der Waals surface area contributed by atoms with E-state index >= 15 is 0 Å². The standard InChI is InChI=1S/C14H14F3N3O3S/c1-6(11(18)21)7(2)12(22)20-13-19-9-4-3-8(5-10(9)24-13)23-14(15,16)17/h3-7H,1-2H3,(H2,18,21)(H,19,20,22)/t6?,7-/m0/s1. The summed E-state index contributed by atoms with van der Waals surface area (Å²) < 4.78 is 40.9. The van der Waals surface area contributed by atoms with Crippen molar-refractivity contribution < 1.29 is 27.5 Å². The van der Waals surface area contributed by atoms with E-state index in [4.69, 9.17) is 5.73 Å². The van der Waals surface area contributed by atoms with Gasteiger partial charge in [-0.05, 0) is 12.1 Å². The van der Waals surface area contributed by atoms with E-state index in [1.807, 2.05) is 0 Å². The summed E-state index contributed by atoms with van der Waals surface area (Å²) in [6.45, 7) is 3.08. The summed E-state index contributed by atoms with van der Waals surface area (Å²) >= 11 is 0.997. The number of nitrogens with one attached hydrogen (secondary N) is 1. The van der Waals surface area contributed by atoms with Crippen LogP contribution < -0.4 is 15.8 Å². The van der Waals surface area contributed by atoms with Gasteiger partial charge in [-0.3, -0.25) is 9.59 Å². The van der Waals surface area contributed by atoms with E-state index in [0.29, 0.717) is 10.2 Å². The van der Waals surface area contributed by atoms with Crippen molar-refractivity contribution in [2.75, 3.05) is 5.32 Å². The molecule has 2 amide bonds. The molecule has 130 valence electrons. The molecule has 10 heteroatoms. The van der Waals surface area contributed by atoms with Gasteiger partial charge >= 0.3 is 6.36 Å². The Morgan fingerprint density at radius 3 is 2.54 bits per heavy atom. The number of primary amides is 1. The molecule has 1 aromatic carbocycles. The molecule has 0 radical (unpaired) electrons. The summed E-state index contributed by atoms with van der Waals surface area (Å²) in [7, 11) is 0. The van der Waals surface area contributed by atoms with Gasteiger partial charge in [-0.2, -0.15) is 0 Å². The van der Waals surface area contributed by atoms with Crippen LogP contribution in [0.1, 0.15) is 13.8 Å². The summed E-state index contributed by atoms with van der Waals surface area (Å²) in [6, 6.07) is 3.68. The van der Waals surface area contributed by atoms with Gasteiger partial charge in [0.2, 0.25) is 11.8 Å². The van der Waals surface area contributed by atoms with Crippen LogP contribution in [0.3, 0.4) is 0 Å². The number of anilines is 1. The third-order valence-electron chi connectivity index (χ3n) is 3.44. The van der Waals surface area contributed by atoms with E-state index in [9.17, 15) is 22.8 Å².